The number of nitrogens with zero attached hydrogens (tertiary/aromatic N) is 4. The number of para-hydroxylation sites is 1. The Morgan fingerprint density at radius 3 is 3.00 bits per heavy atom. The highest BCUT2D eigenvalue weighted by atomic mass is 32.1. The zero-order chi connectivity index (χ0) is 15.1. The fourth-order valence-corrected chi connectivity index (χ4v) is 4.11. The first-order chi connectivity index (χ1) is 10.7. The van der Waals surface area contributed by atoms with Crippen LogP contribution < -0.4 is 0 Å². The molecule has 2 aromatic heterocycles. The number of carbonyl (C=O) groups excluding carboxylic acids is 1. The molecule has 0 N–H and O–H groups in total. The number of hydrogen-bond donors (Lipinski definition) is 0. The van der Waals surface area contributed by atoms with E-state index < -0.39 is 0 Å². The molecule has 1 aliphatic heterocycles. The number of carbonyl (C=O) groups is 1. The smallest absolute Gasteiger partial charge is 0.257 e. The predicted octanol–water partition coefficient (Wildman–Crippen LogP) is 3.01. The van der Waals surface area contributed by atoms with E-state index in [1.54, 1.807) is 28.4 Å². The number of fused-ring (bicyclic) bond motifs is 1. The van der Waals surface area contributed by atoms with Crippen LogP contribution in [0.4, 0.5) is 0 Å². The van der Waals surface area contributed by atoms with Crippen LogP contribution in [0, 0.1) is 0 Å². The summed E-state index contributed by atoms with van der Waals surface area (Å²) in [5.41, 5.74) is 1.67. The second kappa shape index (κ2) is 5.21. The van der Waals surface area contributed by atoms with Crippen molar-refractivity contribution in [3.8, 4) is 0 Å². The van der Waals surface area contributed by atoms with Crippen molar-refractivity contribution in [3.63, 3.8) is 0 Å². The number of aryl methyl sites for hydroxylation is 1. The van der Waals surface area contributed by atoms with Crippen molar-refractivity contribution in [2.75, 3.05) is 6.54 Å². The van der Waals surface area contributed by atoms with Crippen LogP contribution in [0.1, 0.15) is 34.2 Å². The summed E-state index contributed by atoms with van der Waals surface area (Å²) in [6.07, 6.45) is 5.41. The number of rotatable bonds is 2. The lowest BCUT2D eigenvalue weighted by Crippen LogP contribution is -2.30. The van der Waals surface area contributed by atoms with Crippen LogP contribution in [0.2, 0.25) is 0 Å². The molecule has 0 aliphatic carbocycles. The van der Waals surface area contributed by atoms with E-state index in [2.05, 4.69) is 11.2 Å². The van der Waals surface area contributed by atoms with E-state index in [0.29, 0.717) is 5.56 Å². The standard InChI is InChI=1S/C16H16N4OS/c1-19-10-11(9-17-19)16(21)20-8-4-6-13(20)15-18-12-5-2-3-7-14(12)22-15/h2-3,5,7,9-10,13H,4,6,8H2,1H3/t13-/m1/s1. The summed E-state index contributed by atoms with van der Waals surface area (Å²) in [6, 6.07) is 8.22. The van der Waals surface area contributed by atoms with Gasteiger partial charge < -0.3 is 4.90 Å². The molecule has 0 saturated carbocycles. The highest BCUT2D eigenvalue weighted by Gasteiger charge is 2.33. The van der Waals surface area contributed by atoms with Crippen molar-refractivity contribution < 1.29 is 4.79 Å². The third-order valence-electron chi connectivity index (χ3n) is 4.06. The molecular weight excluding hydrogens is 296 g/mol. The summed E-state index contributed by atoms with van der Waals surface area (Å²) >= 11 is 1.69. The fraction of sp³-hybridized carbons (Fsp3) is 0.312. The molecule has 1 saturated heterocycles. The summed E-state index contributed by atoms with van der Waals surface area (Å²) in [5.74, 6) is 0.0508. The minimum absolute atomic E-state index is 0.0508. The van der Waals surface area contributed by atoms with E-state index in [1.165, 1.54) is 4.70 Å². The highest BCUT2D eigenvalue weighted by molar-refractivity contribution is 7.18. The van der Waals surface area contributed by atoms with Gasteiger partial charge in [-0.15, -0.1) is 11.3 Å². The molecule has 3 aromatic rings. The van der Waals surface area contributed by atoms with Crippen molar-refractivity contribution in [1.29, 1.82) is 0 Å². The first-order valence-corrected chi connectivity index (χ1v) is 8.19. The van der Waals surface area contributed by atoms with Crippen molar-refractivity contribution in [2.45, 2.75) is 18.9 Å². The van der Waals surface area contributed by atoms with E-state index in [0.717, 1.165) is 29.9 Å². The van der Waals surface area contributed by atoms with Crippen LogP contribution in [-0.4, -0.2) is 32.1 Å². The number of likely N-dealkylation sites (tertiary alicyclic amines) is 1. The number of amides is 1. The first-order valence-electron chi connectivity index (χ1n) is 7.37. The summed E-state index contributed by atoms with van der Waals surface area (Å²) in [4.78, 5) is 19.4. The quantitative estimate of drug-likeness (QED) is 0.731. The Labute approximate surface area is 132 Å². The molecule has 1 aromatic carbocycles. The lowest BCUT2D eigenvalue weighted by atomic mass is 10.2. The molecule has 1 atom stereocenters. The minimum Gasteiger partial charge on any atom is -0.329 e. The Balaban J connectivity index is 1.67. The van der Waals surface area contributed by atoms with Crippen molar-refractivity contribution >= 4 is 27.5 Å². The summed E-state index contributed by atoms with van der Waals surface area (Å²) in [5, 5.41) is 5.14. The molecule has 0 unspecified atom stereocenters. The minimum atomic E-state index is 0.0508. The molecule has 0 spiro atoms. The van der Waals surface area contributed by atoms with E-state index in [-0.39, 0.29) is 11.9 Å². The van der Waals surface area contributed by atoms with Gasteiger partial charge in [-0.05, 0) is 25.0 Å². The molecule has 1 fully saturated rings. The number of aromatic nitrogens is 3. The van der Waals surface area contributed by atoms with E-state index >= 15 is 0 Å². The SMILES string of the molecule is Cn1cc(C(=O)N2CCC[C@@H]2c2nc3ccccc3s2)cn1. The zero-order valence-corrected chi connectivity index (χ0v) is 13.1. The molecule has 22 heavy (non-hydrogen) atoms. The molecule has 3 heterocycles. The summed E-state index contributed by atoms with van der Waals surface area (Å²) in [6.45, 7) is 0.786. The van der Waals surface area contributed by atoms with Gasteiger partial charge in [-0.3, -0.25) is 9.48 Å². The zero-order valence-electron chi connectivity index (χ0n) is 12.3. The van der Waals surface area contributed by atoms with Crippen molar-refractivity contribution in [2.24, 2.45) is 7.05 Å². The van der Waals surface area contributed by atoms with Crippen molar-refractivity contribution in [3.05, 3.63) is 47.2 Å². The van der Waals surface area contributed by atoms with Crippen LogP contribution in [0.15, 0.2) is 36.7 Å². The van der Waals surface area contributed by atoms with Gasteiger partial charge in [0.05, 0.1) is 28.0 Å². The second-order valence-electron chi connectivity index (χ2n) is 5.58. The molecular formula is C16H16N4OS. The normalized spacial score (nSPS) is 18.2. The molecule has 1 aliphatic rings. The molecule has 6 heteroatoms. The monoisotopic (exact) mass is 312 g/mol. The van der Waals surface area contributed by atoms with Crippen LogP contribution in [0.5, 0.6) is 0 Å². The highest BCUT2D eigenvalue weighted by Crippen LogP contribution is 2.37. The average molecular weight is 312 g/mol. The van der Waals surface area contributed by atoms with Gasteiger partial charge in [-0.25, -0.2) is 4.98 Å². The molecule has 4 rings (SSSR count). The Hall–Kier alpha value is -2.21. The number of benzene rings is 1. The van der Waals surface area contributed by atoms with Crippen LogP contribution in [0.3, 0.4) is 0 Å². The number of hydrogen-bond acceptors (Lipinski definition) is 4. The second-order valence-corrected chi connectivity index (χ2v) is 6.64. The van der Waals surface area contributed by atoms with Crippen LogP contribution in [-0.2, 0) is 7.05 Å². The van der Waals surface area contributed by atoms with E-state index in [9.17, 15) is 4.79 Å². The first kappa shape index (κ1) is 13.5. The Bertz CT molecular complexity index is 804. The van der Waals surface area contributed by atoms with E-state index in [1.807, 2.05) is 30.1 Å². The maximum absolute atomic E-state index is 12.7. The van der Waals surface area contributed by atoms with Crippen LogP contribution >= 0.6 is 11.3 Å². The lowest BCUT2D eigenvalue weighted by Gasteiger charge is -2.22. The summed E-state index contributed by atoms with van der Waals surface area (Å²) in [7, 11) is 1.83. The Kier molecular flexibility index (Phi) is 3.18. The molecule has 0 radical (unpaired) electrons. The van der Waals surface area contributed by atoms with Crippen molar-refractivity contribution in [1.82, 2.24) is 19.7 Å². The lowest BCUT2D eigenvalue weighted by molar-refractivity contribution is 0.0735. The number of thiazole rings is 1. The van der Waals surface area contributed by atoms with Crippen LogP contribution in [0.25, 0.3) is 10.2 Å². The van der Waals surface area contributed by atoms with Gasteiger partial charge in [0, 0.05) is 19.8 Å². The topological polar surface area (TPSA) is 51.0 Å². The molecule has 1 amide bonds. The van der Waals surface area contributed by atoms with Gasteiger partial charge in [0.25, 0.3) is 5.91 Å². The molecule has 5 nitrogen and oxygen atoms in total. The third kappa shape index (κ3) is 2.20. The third-order valence-corrected chi connectivity index (χ3v) is 5.20. The summed E-state index contributed by atoms with van der Waals surface area (Å²) < 4.78 is 2.84. The van der Waals surface area contributed by atoms with Gasteiger partial charge in [-0.2, -0.15) is 5.10 Å². The largest absolute Gasteiger partial charge is 0.329 e. The van der Waals surface area contributed by atoms with Gasteiger partial charge in [-0.1, -0.05) is 12.1 Å². The van der Waals surface area contributed by atoms with E-state index in [4.69, 9.17) is 4.98 Å². The average Bonchev–Trinajstić information content (AvgIpc) is 3.24. The Morgan fingerprint density at radius 1 is 1.36 bits per heavy atom. The van der Waals surface area contributed by atoms with Gasteiger partial charge in [0.1, 0.15) is 5.01 Å². The maximum atomic E-state index is 12.7. The Morgan fingerprint density at radius 2 is 2.23 bits per heavy atom. The maximum Gasteiger partial charge on any atom is 0.257 e. The fourth-order valence-electron chi connectivity index (χ4n) is 3.00. The predicted molar refractivity (Wildman–Crippen MR) is 85.8 cm³/mol. The van der Waals surface area contributed by atoms with Gasteiger partial charge in [0.15, 0.2) is 0 Å². The molecule has 0 bridgehead atoms. The molecule has 112 valence electrons. The van der Waals surface area contributed by atoms with Gasteiger partial charge in [0.2, 0.25) is 0 Å². The van der Waals surface area contributed by atoms with Gasteiger partial charge >= 0.3 is 0 Å².